The molecule has 0 spiro atoms. The standard InChI is InChI=1S/C24H32F3N5O2/c1-3-9-30-23(34)31-10-7-16(8-11-31)19-14-32(15-20(19)22(33)29-4-2)18-6-5-17(13-28)21(12-18)24(25,26)27/h5-6,12,16,19-20H,3-4,7-11,14-15H2,1-2H3,(H,29,33)(H,30,34)/t19-,20+/m0/s1. The van der Waals surface area contributed by atoms with Crippen LogP contribution < -0.4 is 15.5 Å². The molecule has 0 saturated carbocycles. The molecule has 3 amide bonds. The number of nitriles is 1. The van der Waals surface area contributed by atoms with Gasteiger partial charge in [-0.2, -0.15) is 18.4 Å². The van der Waals surface area contributed by atoms with Crippen LogP contribution in [0.3, 0.4) is 0 Å². The van der Waals surface area contributed by atoms with Crippen LogP contribution in [0.5, 0.6) is 0 Å². The number of alkyl halides is 3. The second-order valence-corrected chi connectivity index (χ2v) is 8.97. The van der Waals surface area contributed by atoms with Crippen molar-refractivity contribution in [3.05, 3.63) is 29.3 Å². The maximum absolute atomic E-state index is 13.5. The molecule has 1 aromatic rings. The molecule has 2 aliphatic rings. The van der Waals surface area contributed by atoms with E-state index >= 15 is 0 Å². The number of rotatable bonds is 6. The van der Waals surface area contributed by atoms with Crippen LogP contribution >= 0.6 is 0 Å². The molecule has 2 fully saturated rings. The van der Waals surface area contributed by atoms with Gasteiger partial charge in [-0.1, -0.05) is 6.92 Å². The summed E-state index contributed by atoms with van der Waals surface area (Å²) in [6, 6.07) is 5.26. The summed E-state index contributed by atoms with van der Waals surface area (Å²) in [6.45, 7) is 6.89. The van der Waals surface area contributed by atoms with Crippen molar-refractivity contribution in [1.29, 1.82) is 5.26 Å². The van der Waals surface area contributed by atoms with Crippen molar-refractivity contribution < 1.29 is 22.8 Å². The van der Waals surface area contributed by atoms with Crippen LogP contribution in [0.25, 0.3) is 0 Å². The van der Waals surface area contributed by atoms with Crippen molar-refractivity contribution in [2.45, 2.75) is 39.3 Å². The summed E-state index contributed by atoms with van der Waals surface area (Å²) in [6.07, 6.45) is -2.28. The fraction of sp³-hybridized carbons (Fsp3) is 0.625. The van der Waals surface area contributed by atoms with Gasteiger partial charge in [0, 0.05) is 45.0 Å². The summed E-state index contributed by atoms with van der Waals surface area (Å²) < 4.78 is 40.5. The largest absolute Gasteiger partial charge is 0.417 e. The van der Waals surface area contributed by atoms with E-state index in [9.17, 15) is 22.8 Å². The average Bonchev–Trinajstić information content (AvgIpc) is 3.27. The SMILES string of the molecule is CCCNC(=O)N1CCC([C@@H]2CN(c3ccc(C#N)c(C(F)(F)F)c3)C[C@H]2C(=O)NCC)CC1. The molecule has 1 aromatic carbocycles. The fourth-order valence-corrected chi connectivity index (χ4v) is 5.04. The number of carbonyl (C=O) groups excluding carboxylic acids is 2. The molecule has 2 aliphatic heterocycles. The minimum absolute atomic E-state index is 0.0302. The Morgan fingerprint density at radius 1 is 1.15 bits per heavy atom. The van der Waals surface area contributed by atoms with Gasteiger partial charge in [-0.05, 0) is 56.2 Å². The summed E-state index contributed by atoms with van der Waals surface area (Å²) in [5.74, 6) is -0.288. The average molecular weight is 480 g/mol. The maximum Gasteiger partial charge on any atom is 0.417 e. The number of nitrogens with zero attached hydrogens (tertiary/aromatic N) is 3. The van der Waals surface area contributed by atoms with Gasteiger partial charge in [0.05, 0.1) is 23.1 Å². The molecule has 2 saturated heterocycles. The summed E-state index contributed by atoms with van der Waals surface area (Å²) in [7, 11) is 0. The van der Waals surface area contributed by atoms with Crippen LogP contribution in [0.15, 0.2) is 18.2 Å². The topological polar surface area (TPSA) is 88.5 Å². The molecule has 34 heavy (non-hydrogen) atoms. The molecule has 2 heterocycles. The second-order valence-electron chi connectivity index (χ2n) is 8.97. The molecule has 2 atom stereocenters. The molecule has 0 bridgehead atoms. The number of benzene rings is 1. The number of amides is 3. The third-order valence-corrected chi connectivity index (χ3v) is 6.81. The first-order valence-electron chi connectivity index (χ1n) is 11.9. The molecular weight excluding hydrogens is 447 g/mol. The van der Waals surface area contributed by atoms with Crippen LogP contribution in [0.1, 0.15) is 44.2 Å². The molecule has 0 unspecified atom stereocenters. The van der Waals surface area contributed by atoms with Gasteiger partial charge in [0.1, 0.15) is 0 Å². The predicted molar refractivity (Wildman–Crippen MR) is 122 cm³/mol. The van der Waals surface area contributed by atoms with E-state index in [1.54, 1.807) is 11.0 Å². The zero-order valence-corrected chi connectivity index (χ0v) is 19.6. The van der Waals surface area contributed by atoms with Crippen LogP contribution in [-0.4, -0.2) is 56.1 Å². The molecule has 0 aromatic heterocycles. The maximum atomic E-state index is 13.5. The Balaban J connectivity index is 1.77. The smallest absolute Gasteiger partial charge is 0.370 e. The van der Waals surface area contributed by atoms with Gasteiger partial charge >= 0.3 is 12.2 Å². The van der Waals surface area contributed by atoms with Crippen LogP contribution in [0.4, 0.5) is 23.7 Å². The zero-order chi connectivity index (χ0) is 24.9. The number of likely N-dealkylation sites (tertiary alicyclic amines) is 1. The molecule has 0 aliphatic carbocycles. The van der Waals surface area contributed by atoms with Crippen molar-refractivity contribution in [2.75, 3.05) is 44.2 Å². The number of hydrogen-bond donors (Lipinski definition) is 2. The molecule has 3 rings (SSSR count). The van der Waals surface area contributed by atoms with E-state index in [-0.39, 0.29) is 29.7 Å². The lowest BCUT2D eigenvalue weighted by molar-refractivity contribution is -0.137. The Kier molecular flexibility index (Phi) is 8.28. The Morgan fingerprint density at radius 2 is 1.85 bits per heavy atom. The van der Waals surface area contributed by atoms with E-state index in [1.165, 1.54) is 12.1 Å². The normalized spacial score (nSPS) is 21.3. The molecule has 2 N–H and O–H groups in total. The van der Waals surface area contributed by atoms with Gasteiger partial charge in [-0.25, -0.2) is 4.79 Å². The highest BCUT2D eigenvalue weighted by Gasteiger charge is 2.43. The first kappa shape index (κ1) is 25.7. The number of piperidine rings is 1. The summed E-state index contributed by atoms with van der Waals surface area (Å²) in [5, 5.41) is 14.8. The molecule has 0 radical (unpaired) electrons. The van der Waals surface area contributed by atoms with Crippen molar-refractivity contribution in [1.82, 2.24) is 15.5 Å². The summed E-state index contributed by atoms with van der Waals surface area (Å²) in [4.78, 5) is 28.7. The van der Waals surface area contributed by atoms with Crippen LogP contribution in [0.2, 0.25) is 0 Å². The van der Waals surface area contributed by atoms with Gasteiger partial charge in [0.2, 0.25) is 5.91 Å². The summed E-state index contributed by atoms with van der Waals surface area (Å²) >= 11 is 0. The second kappa shape index (κ2) is 11.0. The van der Waals surface area contributed by atoms with E-state index in [4.69, 9.17) is 5.26 Å². The lowest BCUT2D eigenvalue weighted by atomic mass is 9.78. The van der Waals surface area contributed by atoms with Gasteiger partial charge in [0.25, 0.3) is 0 Å². The first-order chi connectivity index (χ1) is 16.2. The molecule has 186 valence electrons. The Hall–Kier alpha value is -2.96. The third-order valence-electron chi connectivity index (χ3n) is 6.81. The fourth-order valence-electron chi connectivity index (χ4n) is 5.04. The first-order valence-corrected chi connectivity index (χ1v) is 11.9. The van der Waals surface area contributed by atoms with Crippen LogP contribution in [0, 0.1) is 29.1 Å². The number of hydrogen-bond acceptors (Lipinski definition) is 4. The molecule has 7 nitrogen and oxygen atoms in total. The Bertz CT molecular complexity index is 922. The quantitative estimate of drug-likeness (QED) is 0.653. The van der Waals surface area contributed by atoms with Crippen molar-refractivity contribution >= 4 is 17.6 Å². The van der Waals surface area contributed by atoms with E-state index in [0.29, 0.717) is 45.0 Å². The number of carbonyl (C=O) groups is 2. The minimum Gasteiger partial charge on any atom is -0.370 e. The number of nitrogens with one attached hydrogen (secondary N) is 2. The van der Waals surface area contributed by atoms with Crippen molar-refractivity contribution in [3.8, 4) is 6.07 Å². The van der Waals surface area contributed by atoms with E-state index in [1.807, 2.05) is 18.7 Å². The van der Waals surface area contributed by atoms with E-state index < -0.39 is 17.3 Å². The van der Waals surface area contributed by atoms with Crippen molar-refractivity contribution in [2.24, 2.45) is 17.8 Å². The van der Waals surface area contributed by atoms with Gasteiger partial charge in [-0.3, -0.25) is 4.79 Å². The van der Waals surface area contributed by atoms with E-state index in [0.717, 1.165) is 25.3 Å². The lowest BCUT2D eigenvalue weighted by Gasteiger charge is -2.36. The zero-order valence-electron chi connectivity index (χ0n) is 19.6. The van der Waals surface area contributed by atoms with Gasteiger partial charge in [0.15, 0.2) is 0 Å². The minimum atomic E-state index is -4.63. The van der Waals surface area contributed by atoms with Gasteiger partial charge < -0.3 is 20.4 Å². The molecule has 10 heteroatoms. The van der Waals surface area contributed by atoms with Gasteiger partial charge in [-0.15, -0.1) is 0 Å². The lowest BCUT2D eigenvalue weighted by Crippen LogP contribution is -2.47. The highest BCUT2D eigenvalue weighted by atomic mass is 19.4. The third kappa shape index (κ3) is 5.75. The monoisotopic (exact) mass is 479 g/mol. The number of halogens is 3. The van der Waals surface area contributed by atoms with E-state index in [2.05, 4.69) is 10.6 Å². The highest BCUT2D eigenvalue weighted by Crippen LogP contribution is 2.40. The highest BCUT2D eigenvalue weighted by molar-refractivity contribution is 5.80. The Labute approximate surface area is 198 Å². The van der Waals surface area contributed by atoms with Crippen molar-refractivity contribution in [3.63, 3.8) is 0 Å². The summed E-state index contributed by atoms with van der Waals surface area (Å²) in [5.41, 5.74) is -1.02. The Morgan fingerprint density at radius 3 is 2.44 bits per heavy atom. The molecular formula is C24H32F3N5O2. The predicted octanol–water partition coefficient (Wildman–Crippen LogP) is 3.60. The van der Waals surface area contributed by atoms with Crippen LogP contribution in [-0.2, 0) is 11.0 Å². The number of anilines is 1. The number of urea groups is 1.